The normalized spacial score (nSPS) is 11.6. The lowest BCUT2D eigenvalue weighted by Gasteiger charge is -2.11. The molecule has 0 aromatic carbocycles. The van der Waals surface area contributed by atoms with Crippen LogP contribution in [0.3, 0.4) is 0 Å². The van der Waals surface area contributed by atoms with Gasteiger partial charge in [-0.2, -0.15) is 5.10 Å². The molecule has 1 rings (SSSR count). The second kappa shape index (κ2) is 8.52. The summed E-state index contributed by atoms with van der Waals surface area (Å²) < 4.78 is 6.92. The van der Waals surface area contributed by atoms with Crippen molar-refractivity contribution >= 4 is 5.96 Å². The summed E-state index contributed by atoms with van der Waals surface area (Å²) in [5.41, 5.74) is 1.19. The van der Waals surface area contributed by atoms with Crippen molar-refractivity contribution in [2.24, 2.45) is 4.99 Å². The molecule has 6 heteroatoms. The molecule has 0 amide bonds. The summed E-state index contributed by atoms with van der Waals surface area (Å²) in [6, 6.07) is 0. The zero-order valence-corrected chi connectivity index (χ0v) is 11.4. The van der Waals surface area contributed by atoms with E-state index in [9.17, 15) is 0 Å². The molecule has 1 aromatic rings. The summed E-state index contributed by atoms with van der Waals surface area (Å²) in [6.07, 6.45) is 4.93. The highest BCUT2D eigenvalue weighted by Crippen LogP contribution is 1.95. The van der Waals surface area contributed by atoms with Crippen LogP contribution in [0, 0.1) is 6.92 Å². The molecule has 1 heterocycles. The fourth-order valence-electron chi connectivity index (χ4n) is 1.53. The maximum Gasteiger partial charge on any atom is 0.191 e. The van der Waals surface area contributed by atoms with Crippen LogP contribution in [-0.2, 0) is 11.3 Å². The monoisotopic (exact) mass is 253 g/mol. The van der Waals surface area contributed by atoms with Crippen molar-refractivity contribution in [3.05, 3.63) is 18.0 Å². The highest BCUT2D eigenvalue weighted by molar-refractivity contribution is 5.79. The Morgan fingerprint density at radius 2 is 2.22 bits per heavy atom. The lowest BCUT2D eigenvalue weighted by atomic mass is 10.4. The molecule has 0 aliphatic carbocycles. The van der Waals surface area contributed by atoms with Gasteiger partial charge in [0, 0.05) is 40.0 Å². The molecule has 0 spiro atoms. The van der Waals surface area contributed by atoms with E-state index in [4.69, 9.17) is 4.74 Å². The summed E-state index contributed by atoms with van der Waals surface area (Å²) in [5.74, 6) is 0.809. The first kappa shape index (κ1) is 14.5. The third kappa shape index (κ3) is 5.67. The van der Waals surface area contributed by atoms with E-state index < -0.39 is 0 Å². The van der Waals surface area contributed by atoms with E-state index in [0.717, 1.165) is 32.0 Å². The lowest BCUT2D eigenvalue weighted by molar-refractivity contribution is 0.203. The molecule has 0 saturated heterocycles. The number of guanidine groups is 1. The lowest BCUT2D eigenvalue weighted by Crippen LogP contribution is -2.39. The van der Waals surface area contributed by atoms with Crippen LogP contribution in [0.5, 0.6) is 0 Å². The first-order chi connectivity index (χ1) is 8.76. The number of aliphatic imine (C=N–C) groups is 1. The Balaban J connectivity index is 2.12. The topological polar surface area (TPSA) is 63.5 Å². The van der Waals surface area contributed by atoms with Crippen molar-refractivity contribution in [3.63, 3.8) is 0 Å². The first-order valence-corrected chi connectivity index (χ1v) is 6.18. The minimum absolute atomic E-state index is 0.674. The van der Waals surface area contributed by atoms with Crippen LogP contribution in [0.1, 0.15) is 12.0 Å². The molecular formula is C12H23N5O. The van der Waals surface area contributed by atoms with Gasteiger partial charge in [-0.15, -0.1) is 0 Å². The summed E-state index contributed by atoms with van der Waals surface area (Å²) in [6.45, 7) is 5.26. The molecule has 2 N–H and O–H groups in total. The molecule has 102 valence electrons. The Morgan fingerprint density at radius 1 is 1.44 bits per heavy atom. The minimum Gasteiger partial charge on any atom is -0.383 e. The van der Waals surface area contributed by atoms with Crippen LogP contribution < -0.4 is 10.6 Å². The molecule has 0 fully saturated rings. The van der Waals surface area contributed by atoms with Gasteiger partial charge in [-0.25, -0.2) is 0 Å². The van der Waals surface area contributed by atoms with Gasteiger partial charge in [-0.05, 0) is 18.9 Å². The number of hydrogen-bond donors (Lipinski definition) is 2. The molecule has 0 unspecified atom stereocenters. The SMILES string of the molecule is CN=C(NCCCn1cc(C)cn1)NCCOC. The van der Waals surface area contributed by atoms with Crippen LogP contribution in [0.15, 0.2) is 17.4 Å². The highest BCUT2D eigenvalue weighted by atomic mass is 16.5. The smallest absolute Gasteiger partial charge is 0.191 e. The van der Waals surface area contributed by atoms with Gasteiger partial charge in [0.15, 0.2) is 5.96 Å². The summed E-state index contributed by atoms with van der Waals surface area (Å²) >= 11 is 0. The molecule has 1 aromatic heterocycles. The van der Waals surface area contributed by atoms with E-state index in [-0.39, 0.29) is 0 Å². The second-order valence-electron chi connectivity index (χ2n) is 4.05. The average molecular weight is 253 g/mol. The van der Waals surface area contributed by atoms with E-state index >= 15 is 0 Å². The molecule has 0 atom stereocenters. The largest absolute Gasteiger partial charge is 0.383 e. The maximum absolute atomic E-state index is 4.97. The molecule has 0 aliphatic rings. The molecule has 6 nitrogen and oxygen atoms in total. The number of nitrogens with zero attached hydrogens (tertiary/aromatic N) is 3. The van der Waals surface area contributed by atoms with Crippen LogP contribution in [0.25, 0.3) is 0 Å². The number of hydrogen-bond acceptors (Lipinski definition) is 3. The molecule has 0 aliphatic heterocycles. The van der Waals surface area contributed by atoms with E-state index in [1.54, 1.807) is 14.2 Å². The van der Waals surface area contributed by atoms with Gasteiger partial charge in [-0.3, -0.25) is 9.67 Å². The Kier molecular flexibility index (Phi) is 6.86. The van der Waals surface area contributed by atoms with E-state index in [2.05, 4.69) is 20.7 Å². The van der Waals surface area contributed by atoms with Crippen molar-refractivity contribution in [1.29, 1.82) is 0 Å². The quantitative estimate of drug-likeness (QED) is 0.419. The van der Waals surface area contributed by atoms with Crippen molar-refractivity contribution < 1.29 is 4.74 Å². The average Bonchev–Trinajstić information content (AvgIpc) is 2.78. The van der Waals surface area contributed by atoms with Crippen LogP contribution in [0.2, 0.25) is 0 Å². The molecular weight excluding hydrogens is 230 g/mol. The Labute approximate surface area is 108 Å². The van der Waals surface area contributed by atoms with Gasteiger partial charge >= 0.3 is 0 Å². The second-order valence-corrected chi connectivity index (χ2v) is 4.05. The standard InChI is InChI=1S/C12H23N5O/c1-11-9-16-17(10-11)7-4-5-14-12(13-2)15-6-8-18-3/h9-10H,4-8H2,1-3H3,(H2,13,14,15). The molecule has 18 heavy (non-hydrogen) atoms. The Hall–Kier alpha value is -1.56. The Bertz CT molecular complexity index is 361. The first-order valence-electron chi connectivity index (χ1n) is 6.18. The number of aromatic nitrogens is 2. The molecule has 0 radical (unpaired) electrons. The Morgan fingerprint density at radius 3 is 2.83 bits per heavy atom. The van der Waals surface area contributed by atoms with Crippen LogP contribution in [-0.4, -0.2) is 49.6 Å². The van der Waals surface area contributed by atoms with Crippen molar-refractivity contribution in [1.82, 2.24) is 20.4 Å². The van der Waals surface area contributed by atoms with E-state index in [1.807, 2.05) is 24.0 Å². The van der Waals surface area contributed by atoms with Crippen molar-refractivity contribution in [3.8, 4) is 0 Å². The van der Waals surface area contributed by atoms with Crippen molar-refractivity contribution in [2.45, 2.75) is 19.9 Å². The number of ether oxygens (including phenoxy) is 1. The van der Waals surface area contributed by atoms with Crippen molar-refractivity contribution in [2.75, 3.05) is 33.9 Å². The van der Waals surface area contributed by atoms with Gasteiger partial charge in [0.1, 0.15) is 0 Å². The van der Waals surface area contributed by atoms with Gasteiger partial charge in [0.25, 0.3) is 0 Å². The molecule has 0 bridgehead atoms. The van der Waals surface area contributed by atoms with Gasteiger partial charge in [-0.1, -0.05) is 0 Å². The maximum atomic E-state index is 4.97. The summed E-state index contributed by atoms with van der Waals surface area (Å²) in [4.78, 5) is 4.12. The van der Waals surface area contributed by atoms with E-state index in [1.165, 1.54) is 5.56 Å². The van der Waals surface area contributed by atoms with Gasteiger partial charge in [0.05, 0.1) is 12.8 Å². The summed E-state index contributed by atoms with van der Waals surface area (Å²) in [5, 5.41) is 10.7. The van der Waals surface area contributed by atoms with Gasteiger partial charge < -0.3 is 15.4 Å². The van der Waals surface area contributed by atoms with E-state index in [0.29, 0.717) is 6.61 Å². The van der Waals surface area contributed by atoms with Crippen LogP contribution in [0.4, 0.5) is 0 Å². The zero-order chi connectivity index (χ0) is 13.2. The highest BCUT2D eigenvalue weighted by Gasteiger charge is 1.97. The fourth-order valence-corrected chi connectivity index (χ4v) is 1.53. The third-order valence-electron chi connectivity index (χ3n) is 2.44. The summed E-state index contributed by atoms with van der Waals surface area (Å²) in [7, 11) is 3.45. The van der Waals surface area contributed by atoms with Gasteiger partial charge in [0.2, 0.25) is 0 Å². The number of rotatable bonds is 7. The predicted octanol–water partition coefficient (Wildman–Crippen LogP) is 0.393. The fraction of sp³-hybridized carbons (Fsp3) is 0.667. The predicted molar refractivity (Wildman–Crippen MR) is 72.8 cm³/mol. The number of aryl methyl sites for hydroxylation is 2. The molecule has 0 saturated carbocycles. The zero-order valence-electron chi connectivity index (χ0n) is 11.4. The minimum atomic E-state index is 0.674. The number of nitrogens with one attached hydrogen (secondary N) is 2. The number of methoxy groups -OCH3 is 1. The van der Waals surface area contributed by atoms with Crippen LogP contribution >= 0.6 is 0 Å². The third-order valence-corrected chi connectivity index (χ3v) is 2.44.